The Morgan fingerprint density at radius 3 is 2.65 bits per heavy atom. The Morgan fingerprint density at radius 1 is 1.00 bits per heavy atom. The van der Waals surface area contributed by atoms with Crippen LogP contribution in [0, 0.1) is 13.8 Å². The third-order valence-corrected chi connectivity index (χ3v) is 6.17. The first-order valence-electron chi connectivity index (χ1n) is 11.8. The van der Waals surface area contributed by atoms with Gasteiger partial charge in [-0.25, -0.2) is 4.98 Å². The molecule has 0 fully saturated rings. The number of aliphatic carboxylic acids is 1. The Morgan fingerprint density at radius 2 is 1.85 bits per heavy atom. The average Bonchev–Trinajstić information content (AvgIpc) is 2.80. The maximum absolute atomic E-state index is 10.6. The first-order valence-corrected chi connectivity index (χ1v) is 11.8. The van der Waals surface area contributed by atoms with Crippen LogP contribution >= 0.6 is 0 Å². The summed E-state index contributed by atoms with van der Waals surface area (Å²) < 4.78 is 5.85. The van der Waals surface area contributed by atoms with Gasteiger partial charge in [0.2, 0.25) is 0 Å². The summed E-state index contributed by atoms with van der Waals surface area (Å²) in [6, 6.07) is 14.7. The monoisotopic (exact) mass is 457 g/mol. The van der Waals surface area contributed by atoms with Crippen molar-refractivity contribution < 1.29 is 14.6 Å². The van der Waals surface area contributed by atoms with E-state index in [2.05, 4.69) is 60.2 Å². The van der Waals surface area contributed by atoms with E-state index in [4.69, 9.17) is 15.6 Å². The molecule has 0 aliphatic rings. The number of ether oxygens (including phenoxy) is 1. The SMILES string of the molecule is Cc1ccc2c(c1)nc(N)c1ncc(CCc3ccc(OCCCCCC(=O)O)cc3C)cc12. The number of hydrogen-bond donors (Lipinski definition) is 2. The highest BCUT2D eigenvalue weighted by atomic mass is 16.5. The maximum Gasteiger partial charge on any atom is 0.303 e. The van der Waals surface area contributed by atoms with Gasteiger partial charge in [-0.1, -0.05) is 18.2 Å². The Bertz CT molecular complexity index is 1330. The van der Waals surface area contributed by atoms with Crippen LogP contribution in [0.1, 0.15) is 47.9 Å². The number of hydrogen-bond acceptors (Lipinski definition) is 5. The van der Waals surface area contributed by atoms with Crippen molar-refractivity contribution in [1.82, 2.24) is 9.97 Å². The van der Waals surface area contributed by atoms with Crippen LogP contribution in [-0.2, 0) is 17.6 Å². The summed E-state index contributed by atoms with van der Waals surface area (Å²) >= 11 is 0. The smallest absolute Gasteiger partial charge is 0.303 e. The molecule has 6 heteroatoms. The van der Waals surface area contributed by atoms with E-state index in [1.54, 1.807) is 0 Å². The summed E-state index contributed by atoms with van der Waals surface area (Å²) in [7, 11) is 0. The standard InChI is InChI=1S/C28H31N3O3/c1-18-7-12-23-24-16-20(17-30-27(24)28(29)31-25(23)14-18)8-9-21-10-11-22(15-19(21)2)34-13-5-3-4-6-26(32)33/h7,10-12,14-17H,3-6,8-9,13H2,1-2H3,(H2,29,31)(H,32,33). The van der Waals surface area contributed by atoms with Crippen molar-refractivity contribution >= 4 is 33.6 Å². The molecule has 0 saturated carbocycles. The molecule has 176 valence electrons. The number of carboxylic acid groups (broad SMARTS) is 1. The fourth-order valence-corrected chi connectivity index (χ4v) is 4.26. The number of pyridine rings is 2. The van der Waals surface area contributed by atoms with Gasteiger partial charge in [-0.2, -0.15) is 0 Å². The lowest BCUT2D eigenvalue weighted by Gasteiger charge is -2.11. The number of anilines is 1. The molecule has 0 radical (unpaired) electrons. The van der Waals surface area contributed by atoms with E-state index in [1.807, 2.05) is 12.3 Å². The van der Waals surface area contributed by atoms with Gasteiger partial charge in [0.1, 0.15) is 11.3 Å². The lowest BCUT2D eigenvalue weighted by atomic mass is 9.99. The van der Waals surface area contributed by atoms with Crippen LogP contribution in [0.15, 0.2) is 48.7 Å². The van der Waals surface area contributed by atoms with Crippen molar-refractivity contribution in [3.63, 3.8) is 0 Å². The van der Waals surface area contributed by atoms with E-state index in [0.717, 1.165) is 58.8 Å². The largest absolute Gasteiger partial charge is 0.494 e. The molecule has 0 amide bonds. The molecule has 2 heterocycles. The molecule has 3 N–H and O–H groups in total. The molecule has 4 aromatic rings. The van der Waals surface area contributed by atoms with Crippen LogP contribution in [0.3, 0.4) is 0 Å². The van der Waals surface area contributed by atoms with Gasteiger partial charge in [0.25, 0.3) is 0 Å². The first kappa shape index (κ1) is 23.5. The Labute approximate surface area is 199 Å². The van der Waals surface area contributed by atoms with E-state index in [9.17, 15) is 4.79 Å². The van der Waals surface area contributed by atoms with Gasteiger partial charge in [-0.3, -0.25) is 9.78 Å². The normalized spacial score (nSPS) is 11.2. The number of unbranched alkanes of at least 4 members (excludes halogenated alkanes) is 2. The molecule has 4 rings (SSSR count). The Balaban J connectivity index is 1.40. The number of nitrogens with zero attached hydrogens (tertiary/aromatic N) is 2. The molecule has 0 spiro atoms. The summed E-state index contributed by atoms with van der Waals surface area (Å²) in [5, 5.41) is 10.8. The second kappa shape index (κ2) is 10.5. The van der Waals surface area contributed by atoms with Crippen LogP contribution in [-0.4, -0.2) is 27.7 Å². The van der Waals surface area contributed by atoms with E-state index < -0.39 is 5.97 Å². The molecular weight excluding hydrogens is 426 g/mol. The number of carboxylic acids is 1. The number of nitrogen functional groups attached to an aromatic ring is 1. The minimum absolute atomic E-state index is 0.223. The van der Waals surface area contributed by atoms with Crippen LogP contribution in [0.5, 0.6) is 5.75 Å². The van der Waals surface area contributed by atoms with Crippen LogP contribution < -0.4 is 10.5 Å². The van der Waals surface area contributed by atoms with Gasteiger partial charge in [-0.15, -0.1) is 0 Å². The van der Waals surface area contributed by atoms with Gasteiger partial charge in [-0.05, 0) is 92.5 Å². The fraction of sp³-hybridized carbons (Fsp3) is 0.321. The third kappa shape index (κ3) is 5.63. The van der Waals surface area contributed by atoms with E-state index in [0.29, 0.717) is 18.8 Å². The fourth-order valence-electron chi connectivity index (χ4n) is 4.26. The summed E-state index contributed by atoms with van der Waals surface area (Å²) in [4.78, 5) is 19.7. The molecule has 0 atom stereocenters. The zero-order chi connectivity index (χ0) is 24.1. The number of rotatable bonds is 10. The predicted octanol–water partition coefficient (Wildman–Crippen LogP) is 5.79. The summed E-state index contributed by atoms with van der Waals surface area (Å²) in [6.07, 6.45) is 6.32. The van der Waals surface area contributed by atoms with Crippen molar-refractivity contribution in [2.24, 2.45) is 0 Å². The lowest BCUT2D eigenvalue weighted by molar-refractivity contribution is -0.137. The van der Waals surface area contributed by atoms with Gasteiger partial charge in [0, 0.05) is 23.4 Å². The second-order valence-corrected chi connectivity index (χ2v) is 8.90. The van der Waals surface area contributed by atoms with E-state index in [-0.39, 0.29) is 6.42 Å². The van der Waals surface area contributed by atoms with Gasteiger partial charge in [0.05, 0.1) is 12.1 Å². The molecule has 0 aliphatic heterocycles. The van der Waals surface area contributed by atoms with Crippen molar-refractivity contribution in [3.05, 3.63) is 70.9 Å². The Hall–Kier alpha value is -3.67. The van der Waals surface area contributed by atoms with Crippen LogP contribution in [0.4, 0.5) is 5.82 Å². The molecule has 2 aromatic heterocycles. The quantitative estimate of drug-likeness (QED) is 0.231. The number of aryl methyl sites for hydroxylation is 4. The third-order valence-electron chi connectivity index (χ3n) is 6.17. The molecule has 0 unspecified atom stereocenters. The highest BCUT2D eigenvalue weighted by Crippen LogP contribution is 2.28. The minimum atomic E-state index is -0.740. The summed E-state index contributed by atoms with van der Waals surface area (Å²) in [6.45, 7) is 4.76. The number of aromatic nitrogens is 2. The summed E-state index contributed by atoms with van der Waals surface area (Å²) in [5.74, 6) is 0.584. The highest BCUT2D eigenvalue weighted by molar-refractivity contribution is 6.08. The topological polar surface area (TPSA) is 98.3 Å². The number of fused-ring (bicyclic) bond motifs is 3. The molecular formula is C28H31N3O3. The van der Waals surface area contributed by atoms with Gasteiger partial charge >= 0.3 is 5.97 Å². The zero-order valence-electron chi connectivity index (χ0n) is 19.8. The Kier molecular flexibility index (Phi) is 7.26. The van der Waals surface area contributed by atoms with Crippen molar-refractivity contribution in [2.45, 2.75) is 52.4 Å². The predicted molar refractivity (Wildman–Crippen MR) is 136 cm³/mol. The number of benzene rings is 2. The van der Waals surface area contributed by atoms with Crippen molar-refractivity contribution in [1.29, 1.82) is 0 Å². The van der Waals surface area contributed by atoms with Gasteiger partial charge in [0.15, 0.2) is 5.82 Å². The lowest BCUT2D eigenvalue weighted by Crippen LogP contribution is -2.01. The zero-order valence-corrected chi connectivity index (χ0v) is 19.8. The van der Waals surface area contributed by atoms with E-state index >= 15 is 0 Å². The summed E-state index contributed by atoms with van der Waals surface area (Å²) in [5.41, 5.74) is 12.6. The molecule has 0 saturated heterocycles. The molecule has 34 heavy (non-hydrogen) atoms. The van der Waals surface area contributed by atoms with Crippen LogP contribution in [0.25, 0.3) is 21.8 Å². The van der Waals surface area contributed by atoms with Crippen molar-refractivity contribution in [3.8, 4) is 5.75 Å². The highest BCUT2D eigenvalue weighted by Gasteiger charge is 2.10. The first-order chi connectivity index (χ1) is 16.4. The average molecular weight is 458 g/mol. The number of carbonyl (C=O) groups is 1. The maximum atomic E-state index is 10.6. The molecule has 6 nitrogen and oxygen atoms in total. The van der Waals surface area contributed by atoms with Crippen LogP contribution in [0.2, 0.25) is 0 Å². The van der Waals surface area contributed by atoms with Gasteiger partial charge < -0.3 is 15.6 Å². The van der Waals surface area contributed by atoms with Crippen molar-refractivity contribution in [2.75, 3.05) is 12.3 Å². The second-order valence-electron chi connectivity index (χ2n) is 8.90. The minimum Gasteiger partial charge on any atom is -0.494 e. The molecule has 2 aromatic carbocycles. The molecule has 0 aliphatic carbocycles. The molecule has 0 bridgehead atoms. The number of nitrogens with two attached hydrogens (primary N) is 1. The van der Waals surface area contributed by atoms with E-state index in [1.165, 1.54) is 16.7 Å².